The van der Waals surface area contributed by atoms with Crippen LogP contribution < -0.4 is 4.90 Å². The number of tetrazole rings is 1. The molecule has 1 aromatic heterocycles. The van der Waals surface area contributed by atoms with E-state index in [1.54, 1.807) is 4.68 Å². The molecule has 0 spiro atoms. The molecular formula is C25H30N6OS. The first-order valence-corrected chi connectivity index (χ1v) is 12.4. The lowest BCUT2D eigenvalue weighted by atomic mass is 9.89. The SMILES string of the molecule is Cc1cc(C)c(-n2nnnc2SCC(=O)N2c3ccc(C)cc3[C@H]3CN(C)CC[C@H]32)c(C)c1. The molecule has 0 aliphatic carbocycles. The molecule has 3 heterocycles. The van der Waals surface area contributed by atoms with E-state index in [-0.39, 0.29) is 11.9 Å². The minimum atomic E-state index is 0.119. The fourth-order valence-corrected chi connectivity index (χ4v) is 6.25. The average molecular weight is 463 g/mol. The number of nitrogens with zero attached hydrogens (tertiary/aromatic N) is 6. The van der Waals surface area contributed by atoms with Gasteiger partial charge in [0.25, 0.3) is 0 Å². The molecule has 2 aliphatic heterocycles. The van der Waals surface area contributed by atoms with Gasteiger partial charge in [0.1, 0.15) is 0 Å². The van der Waals surface area contributed by atoms with Gasteiger partial charge in [0.15, 0.2) is 0 Å². The summed E-state index contributed by atoms with van der Waals surface area (Å²) in [5.74, 6) is 0.793. The smallest absolute Gasteiger partial charge is 0.237 e. The number of carbonyl (C=O) groups excluding carboxylic acids is 1. The molecule has 2 aliphatic rings. The van der Waals surface area contributed by atoms with Crippen LogP contribution in [-0.4, -0.2) is 62.9 Å². The third-order valence-corrected chi connectivity index (χ3v) is 7.74. The molecule has 8 heteroatoms. The Hall–Kier alpha value is -2.71. The van der Waals surface area contributed by atoms with Gasteiger partial charge in [0, 0.05) is 24.2 Å². The summed E-state index contributed by atoms with van der Waals surface area (Å²) < 4.78 is 1.77. The fourth-order valence-electron chi connectivity index (χ4n) is 5.52. The highest BCUT2D eigenvalue weighted by molar-refractivity contribution is 7.99. The number of rotatable bonds is 4. The molecule has 2 atom stereocenters. The van der Waals surface area contributed by atoms with E-state index < -0.39 is 0 Å². The maximum absolute atomic E-state index is 13.6. The van der Waals surface area contributed by atoms with Gasteiger partial charge in [-0.3, -0.25) is 4.79 Å². The molecule has 0 saturated carbocycles. The van der Waals surface area contributed by atoms with E-state index in [4.69, 9.17) is 0 Å². The summed E-state index contributed by atoms with van der Waals surface area (Å²) in [6.07, 6.45) is 0.991. The second-order valence-corrected chi connectivity index (χ2v) is 10.4. The number of fused-ring (bicyclic) bond motifs is 3. The van der Waals surface area contributed by atoms with Crippen molar-refractivity contribution in [1.82, 2.24) is 25.1 Å². The van der Waals surface area contributed by atoms with E-state index in [0.29, 0.717) is 16.8 Å². The van der Waals surface area contributed by atoms with Crippen LogP contribution in [0.25, 0.3) is 5.69 Å². The largest absolute Gasteiger partial charge is 0.308 e. The molecule has 2 aromatic carbocycles. The minimum Gasteiger partial charge on any atom is -0.308 e. The normalized spacial score (nSPS) is 20.1. The molecule has 0 radical (unpaired) electrons. The monoisotopic (exact) mass is 462 g/mol. The summed E-state index contributed by atoms with van der Waals surface area (Å²) in [5, 5.41) is 13.0. The predicted molar refractivity (Wildman–Crippen MR) is 131 cm³/mol. The van der Waals surface area contributed by atoms with Crippen molar-refractivity contribution >= 4 is 23.4 Å². The number of aromatic nitrogens is 4. The zero-order valence-corrected chi connectivity index (χ0v) is 20.7. The molecule has 5 rings (SSSR count). The summed E-state index contributed by atoms with van der Waals surface area (Å²) in [6, 6.07) is 11.0. The Morgan fingerprint density at radius 2 is 1.85 bits per heavy atom. The van der Waals surface area contributed by atoms with Crippen molar-refractivity contribution in [3.63, 3.8) is 0 Å². The number of benzene rings is 2. The summed E-state index contributed by atoms with van der Waals surface area (Å²) in [6.45, 7) is 10.3. The van der Waals surface area contributed by atoms with Crippen molar-refractivity contribution in [1.29, 1.82) is 0 Å². The number of likely N-dealkylation sites (tertiary alicyclic amines) is 1. The lowest BCUT2D eigenvalue weighted by Gasteiger charge is -2.36. The van der Waals surface area contributed by atoms with Gasteiger partial charge in [-0.25, -0.2) is 0 Å². The highest BCUT2D eigenvalue weighted by Crippen LogP contribution is 2.45. The number of hydrogen-bond donors (Lipinski definition) is 0. The average Bonchev–Trinajstić information content (AvgIpc) is 3.33. The molecule has 1 fully saturated rings. The zero-order valence-electron chi connectivity index (χ0n) is 19.9. The van der Waals surface area contributed by atoms with Crippen LogP contribution in [0.15, 0.2) is 35.5 Å². The number of amides is 1. The Morgan fingerprint density at radius 1 is 1.09 bits per heavy atom. The topological polar surface area (TPSA) is 67.2 Å². The maximum atomic E-state index is 13.6. The van der Waals surface area contributed by atoms with Crippen molar-refractivity contribution in [3.8, 4) is 5.69 Å². The molecule has 7 nitrogen and oxygen atoms in total. The molecule has 0 unspecified atom stereocenters. The van der Waals surface area contributed by atoms with Crippen LogP contribution >= 0.6 is 11.8 Å². The predicted octanol–water partition coefficient (Wildman–Crippen LogP) is 3.82. The zero-order chi connectivity index (χ0) is 23.3. The van der Waals surface area contributed by atoms with Gasteiger partial charge in [-0.1, -0.05) is 47.2 Å². The number of piperidine rings is 1. The molecular weight excluding hydrogens is 432 g/mol. The van der Waals surface area contributed by atoms with Crippen LogP contribution in [0.3, 0.4) is 0 Å². The van der Waals surface area contributed by atoms with Gasteiger partial charge in [-0.15, -0.1) is 5.10 Å². The first kappa shape index (κ1) is 22.1. The second-order valence-electron chi connectivity index (χ2n) is 9.46. The number of hydrogen-bond acceptors (Lipinski definition) is 6. The number of carbonyl (C=O) groups is 1. The van der Waals surface area contributed by atoms with Crippen molar-refractivity contribution in [2.75, 3.05) is 30.8 Å². The third kappa shape index (κ3) is 3.95. The van der Waals surface area contributed by atoms with E-state index in [1.165, 1.54) is 28.5 Å². The molecule has 1 amide bonds. The standard InChI is InChI=1S/C25H30N6OS/c1-15-6-7-21-19(12-15)20-13-29(5)9-8-22(20)30(21)23(32)14-33-25-26-27-28-31(25)24-17(3)10-16(2)11-18(24)4/h6-7,10-12,20,22H,8-9,13-14H2,1-5H3/t20-,22-/m1/s1. The van der Waals surface area contributed by atoms with Crippen molar-refractivity contribution in [3.05, 3.63) is 58.1 Å². The van der Waals surface area contributed by atoms with E-state index >= 15 is 0 Å². The lowest BCUT2D eigenvalue weighted by molar-refractivity contribution is -0.116. The Morgan fingerprint density at radius 3 is 2.61 bits per heavy atom. The first-order chi connectivity index (χ1) is 15.8. The van der Waals surface area contributed by atoms with E-state index in [1.807, 2.05) is 0 Å². The van der Waals surface area contributed by atoms with Crippen molar-refractivity contribution < 1.29 is 4.79 Å². The quantitative estimate of drug-likeness (QED) is 0.549. The van der Waals surface area contributed by atoms with Crippen LogP contribution in [0.1, 0.15) is 40.2 Å². The van der Waals surface area contributed by atoms with Crippen molar-refractivity contribution in [2.24, 2.45) is 0 Å². The van der Waals surface area contributed by atoms with Crippen LogP contribution in [0.5, 0.6) is 0 Å². The van der Waals surface area contributed by atoms with Crippen LogP contribution in [0.2, 0.25) is 0 Å². The summed E-state index contributed by atoms with van der Waals surface area (Å²) in [5.41, 5.74) is 8.05. The number of anilines is 1. The molecule has 3 aromatic rings. The van der Waals surface area contributed by atoms with Gasteiger partial charge < -0.3 is 9.80 Å². The highest BCUT2D eigenvalue weighted by atomic mass is 32.2. The van der Waals surface area contributed by atoms with E-state index in [0.717, 1.165) is 42.0 Å². The van der Waals surface area contributed by atoms with Gasteiger partial charge in [0.05, 0.1) is 11.4 Å². The van der Waals surface area contributed by atoms with E-state index in [2.05, 4.69) is 90.4 Å². The van der Waals surface area contributed by atoms with Gasteiger partial charge in [0.2, 0.25) is 11.1 Å². The molecule has 1 saturated heterocycles. The third-order valence-electron chi connectivity index (χ3n) is 6.83. The maximum Gasteiger partial charge on any atom is 0.237 e. The van der Waals surface area contributed by atoms with E-state index in [9.17, 15) is 4.79 Å². The number of likely N-dealkylation sites (N-methyl/N-ethyl adjacent to an activating group) is 1. The number of aryl methyl sites for hydroxylation is 4. The van der Waals surface area contributed by atoms with Gasteiger partial charge >= 0.3 is 0 Å². The Kier molecular flexibility index (Phi) is 5.74. The molecule has 172 valence electrons. The molecule has 33 heavy (non-hydrogen) atoms. The Bertz CT molecular complexity index is 1200. The summed E-state index contributed by atoms with van der Waals surface area (Å²) in [4.78, 5) is 18.0. The number of thioether (sulfide) groups is 1. The Labute approximate surface area is 199 Å². The van der Waals surface area contributed by atoms with Crippen LogP contribution in [-0.2, 0) is 4.79 Å². The summed E-state index contributed by atoms with van der Waals surface area (Å²) in [7, 11) is 2.17. The van der Waals surface area contributed by atoms with Gasteiger partial charge in [-0.05, 0) is 80.9 Å². The lowest BCUT2D eigenvalue weighted by Crippen LogP contribution is -2.47. The second kappa shape index (κ2) is 8.57. The van der Waals surface area contributed by atoms with Crippen LogP contribution in [0, 0.1) is 27.7 Å². The van der Waals surface area contributed by atoms with Crippen LogP contribution in [0.4, 0.5) is 5.69 Å². The highest BCUT2D eigenvalue weighted by Gasteiger charge is 2.43. The minimum absolute atomic E-state index is 0.119. The van der Waals surface area contributed by atoms with Crippen molar-refractivity contribution in [2.45, 2.75) is 51.2 Å². The summed E-state index contributed by atoms with van der Waals surface area (Å²) >= 11 is 1.41. The van der Waals surface area contributed by atoms with Gasteiger partial charge in [-0.2, -0.15) is 4.68 Å². The fraction of sp³-hybridized carbons (Fsp3) is 0.440. The Balaban J connectivity index is 1.40. The molecule has 0 bridgehead atoms. The first-order valence-electron chi connectivity index (χ1n) is 11.4. The molecule has 0 N–H and O–H groups in total.